The van der Waals surface area contributed by atoms with Crippen LogP contribution in [0.25, 0.3) is 0 Å². The second kappa shape index (κ2) is 10.8. The Hall–Kier alpha value is -2.12. The van der Waals surface area contributed by atoms with E-state index in [1.165, 1.54) is 6.92 Å². The average Bonchev–Trinajstić information content (AvgIpc) is 2.36. The zero-order valence-corrected chi connectivity index (χ0v) is 11.9. The Bertz CT molecular complexity index is 357. The van der Waals surface area contributed by atoms with Crippen LogP contribution in [0.2, 0.25) is 0 Å². The first-order valence-electron chi connectivity index (χ1n) is 6.54. The molecule has 0 bridgehead atoms. The Labute approximate surface area is 118 Å². The number of hydrogen-bond acceptors (Lipinski definition) is 4. The van der Waals surface area contributed by atoms with Crippen molar-refractivity contribution < 1.29 is 19.2 Å². The lowest BCUT2D eigenvalue weighted by Crippen LogP contribution is -2.43. The van der Waals surface area contributed by atoms with Gasteiger partial charge in [-0.3, -0.25) is 30.0 Å². The van der Waals surface area contributed by atoms with Crippen LogP contribution < -0.4 is 21.5 Å². The van der Waals surface area contributed by atoms with Crippen molar-refractivity contribution in [3.05, 3.63) is 0 Å². The van der Waals surface area contributed by atoms with Crippen LogP contribution in [0.15, 0.2) is 0 Å². The predicted octanol–water partition coefficient (Wildman–Crippen LogP) is -1.03. The molecule has 8 nitrogen and oxygen atoms in total. The van der Waals surface area contributed by atoms with Crippen molar-refractivity contribution >= 4 is 23.6 Å². The largest absolute Gasteiger partial charge is 0.356 e. The molecule has 0 fully saturated rings. The van der Waals surface area contributed by atoms with Gasteiger partial charge in [0.15, 0.2) is 0 Å². The molecule has 0 aliphatic heterocycles. The minimum Gasteiger partial charge on any atom is -0.356 e. The van der Waals surface area contributed by atoms with Gasteiger partial charge in [-0.25, -0.2) is 0 Å². The highest BCUT2D eigenvalue weighted by Crippen LogP contribution is 1.86. The van der Waals surface area contributed by atoms with Gasteiger partial charge in [-0.2, -0.15) is 0 Å². The summed E-state index contributed by atoms with van der Waals surface area (Å²) < 4.78 is 0. The average molecular weight is 286 g/mol. The first-order valence-corrected chi connectivity index (χ1v) is 6.54. The second-order valence-corrected chi connectivity index (χ2v) is 4.18. The zero-order chi connectivity index (χ0) is 15.4. The lowest BCUT2D eigenvalue weighted by molar-refractivity contribution is -0.129. The molecule has 114 valence electrons. The Morgan fingerprint density at radius 3 is 1.70 bits per heavy atom. The fourth-order valence-electron chi connectivity index (χ4n) is 1.25. The highest BCUT2D eigenvalue weighted by Gasteiger charge is 2.05. The first-order chi connectivity index (χ1) is 9.45. The lowest BCUT2D eigenvalue weighted by Gasteiger charge is -2.08. The maximum absolute atomic E-state index is 11.3. The molecule has 4 N–H and O–H groups in total. The summed E-state index contributed by atoms with van der Waals surface area (Å²) in [6, 6.07) is 0. The van der Waals surface area contributed by atoms with Gasteiger partial charge in [0, 0.05) is 39.3 Å². The Balaban J connectivity index is 3.59. The van der Waals surface area contributed by atoms with E-state index in [1.54, 1.807) is 0 Å². The Morgan fingerprint density at radius 2 is 1.25 bits per heavy atom. The molecule has 0 saturated heterocycles. The zero-order valence-electron chi connectivity index (χ0n) is 11.9. The molecular weight excluding hydrogens is 264 g/mol. The van der Waals surface area contributed by atoms with Crippen LogP contribution in [0.3, 0.4) is 0 Å². The minimum atomic E-state index is -0.401. The molecule has 0 saturated carbocycles. The van der Waals surface area contributed by atoms with Crippen molar-refractivity contribution in [1.82, 2.24) is 21.5 Å². The molecule has 0 radical (unpaired) electrons. The Morgan fingerprint density at radius 1 is 0.750 bits per heavy atom. The number of hydrazine groups is 1. The van der Waals surface area contributed by atoms with Crippen molar-refractivity contribution in [2.75, 3.05) is 13.1 Å². The van der Waals surface area contributed by atoms with Gasteiger partial charge in [-0.1, -0.05) is 6.92 Å². The van der Waals surface area contributed by atoms with Crippen molar-refractivity contribution in [3.63, 3.8) is 0 Å². The number of hydrogen-bond donors (Lipinski definition) is 4. The van der Waals surface area contributed by atoms with Gasteiger partial charge in [-0.15, -0.1) is 0 Å². The fourth-order valence-corrected chi connectivity index (χ4v) is 1.25. The standard InChI is InChI=1S/C12H22N4O4/c1-3-4-10(18)14-8-6-12(20)16-15-11(19)5-7-13-9(2)17/h3-8H2,1-2H3,(H,13,17)(H,14,18)(H,15,19)(H,16,20). The van der Waals surface area contributed by atoms with Crippen LogP contribution in [0.4, 0.5) is 0 Å². The normalized spacial score (nSPS) is 9.50. The summed E-state index contributed by atoms with van der Waals surface area (Å²) in [6.07, 6.45) is 1.35. The number of rotatable bonds is 8. The van der Waals surface area contributed by atoms with Crippen LogP contribution in [0.5, 0.6) is 0 Å². The van der Waals surface area contributed by atoms with Crippen LogP contribution >= 0.6 is 0 Å². The van der Waals surface area contributed by atoms with E-state index < -0.39 is 11.8 Å². The number of amides is 4. The second-order valence-electron chi connectivity index (χ2n) is 4.18. The van der Waals surface area contributed by atoms with E-state index in [9.17, 15) is 19.2 Å². The van der Waals surface area contributed by atoms with Gasteiger partial charge in [0.25, 0.3) is 0 Å². The smallest absolute Gasteiger partial charge is 0.240 e. The molecule has 0 aromatic rings. The van der Waals surface area contributed by atoms with Gasteiger partial charge in [0.05, 0.1) is 0 Å². The highest BCUT2D eigenvalue weighted by atomic mass is 16.2. The van der Waals surface area contributed by atoms with Crippen molar-refractivity contribution in [2.45, 2.75) is 39.5 Å². The third-order valence-corrected chi connectivity index (χ3v) is 2.22. The Kier molecular flexibility index (Phi) is 9.63. The number of carbonyl (C=O) groups is 4. The van der Waals surface area contributed by atoms with Crippen LogP contribution in [0.1, 0.15) is 39.5 Å². The summed E-state index contributed by atoms with van der Waals surface area (Å²) in [4.78, 5) is 44.3. The summed E-state index contributed by atoms with van der Waals surface area (Å²) in [5, 5.41) is 5.05. The molecule has 0 heterocycles. The van der Waals surface area contributed by atoms with E-state index in [0.717, 1.165) is 6.42 Å². The molecule has 0 unspecified atom stereocenters. The molecule has 0 rings (SSSR count). The van der Waals surface area contributed by atoms with Crippen LogP contribution in [-0.4, -0.2) is 36.7 Å². The van der Waals surface area contributed by atoms with E-state index in [4.69, 9.17) is 0 Å². The molecular formula is C12H22N4O4. The molecule has 0 aliphatic carbocycles. The molecule has 0 aromatic heterocycles. The monoisotopic (exact) mass is 286 g/mol. The van der Waals surface area contributed by atoms with Crippen molar-refractivity contribution in [2.24, 2.45) is 0 Å². The van der Waals surface area contributed by atoms with Gasteiger partial charge in [0.2, 0.25) is 23.6 Å². The molecule has 4 amide bonds. The van der Waals surface area contributed by atoms with E-state index >= 15 is 0 Å². The third kappa shape index (κ3) is 11.0. The van der Waals surface area contributed by atoms with Gasteiger partial charge in [0.1, 0.15) is 0 Å². The quantitative estimate of drug-likeness (QED) is 0.427. The minimum absolute atomic E-state index is 0.0765. The van der Waals surface area contributed by atoms with Crippen LogP contribution in [-0.2, 0) is 19.2 Å². The highest BCUT2D eigenvalue weighted by molar-refractivity contribution is 5.83. The fraction of sp³-hybridized carbons (Fsp3) is 0.667. The maximum atomic E-state index is 11.3. The summed E-state index contributed by atoms with van der Waals surface area (Å²) in [7, 11) is 0. The van der Waals surface area contributed by atoms with Gasteiger partial charge in [-0.05, 0) is 6.42 Å². The maximum Gasteiger partial charge on any atom is 0.240 e. The summed E-state index contributed by atoms with van der Waals surface area (Å²) in [5.41, 5.74) is 4.44. The number of nitrogens with one attached hydrogen (secondary N) is 4. The lowest BCUT2D eigenvalue weighted by atomic mass is 10.3. The molecule has 20 heavy (non-hydrogen) atoms. The van der Waals surface area contributed by atoms with Crippen LogP contribution in [0, 0.1) is 0 Å². The van der Waals surface area contributed by atoms with E-state index in [2.05, 4.69) is 21.5 Å². The number of carbonyl (C=O) groups excluding carboxylic acids is 4. The molecule has 0 aliphatic rings. The molecule has 0 atom stereocenters. The molecule has 8 heteroatoms. The molecule has 0 aromatic carbocycles. The van der Waals surface area contributed by atoms with E-state index in [1.807, 2.05) is 6.92 Å². The van der Waals surface area contributed by atoms with Crippen molar-refractivity contribution in [1.29, 1.82) is 0 Å². The van der Waals surface area contributed by atoms with E-state index in [0.29, 0.717) is 6.42 Å². The first kappa shape index (κ1) is 17.9. The predicted molar refractivity (Wildman–Crippen MR) is 72.1 cm³/mol. The summed E-state index contributed by atoms with van der Waals surface area (Å²) >= 11 is 0. The van der Waals surface area contributed by atoms with E-state index in [-0.39, 0.29) is 37.7 Å². The third-order valence-electron chi connectivity index (χ3n) is 2.22. The van der Waals surface area contributed by atoms with Gasteiger partial charge >= 0.3 is 0 Å². The SMILES string of the molecule is CCCC(=O)NCCC(=O)NNC(=O)CCNC(C)=O. The van der Waals surface area contributed by atoms with Crippen molar-refractivity contribution in [3.8, 4) is 0 Å². The summed E-state index contributed by atoms with van der Waals surface area (Å²) in [6.45, 7) is 3.69. The topological polar surface area (TPSA) is 116 Å². The van der Waals surface area contributed by atoms with Gasteiger partial charge < -0.3 is 10.6 Å². The molecule has 0 spiro atoms. The summed E-state index contributed by atoms with van der Waals surface area (Å²) in [5.74, 6) is -1.11.